The normalized spacial score (nSPS) is 13.6. The predicted molar refractivity (Wildman–Crippen MR) is 183 cm³/mol. The van der Waals surface area contributed by atoms with Gasteiger partial charge in [-0.15, -0.1) is 0 Å². The molecule has 1 aromatic heterocycles. The lowest BCUT2D eigenvalue weighted by atomic mass is 10.00. The van der Waals surface area contributed by atoms with Crippen molar-refractivity contribution in [1.29, 1.82) is 0 Å². The molecule has 262 valence electrons. The molecule has 2 N–H and O–H groups in total. The van der Waals surface area contributed by atoms with Crippen molar-refractivity contribution in [2.24, 2.45) is 0 Å². The summed E-state index contributed by atoms with van der Waals surface area (Å²) in [6.07, 6.45) is -1.57. The molecule has 50 heavy (non-hydrogen) atoms. The van der Waals surface area contributed by atoms with Gasteiger partial charge in [0.2, 0.25) is 5.69 Å². The SMILES string of the molecule is CCCCOCCOc1ccc(-c2ccc3c(c2)C=C(C(=O)Nc2ccc(C(O)c4ccc(C)c[n+]4[O-])cc2)CCN3C(=O)C(F)(F)F)cc1. The van der Waals surface area contributed by atoms with E-state index in [0.29, 0.717) is 52.0 Å². The third-order valence-corrected chi connectivity index (χ3v) is 8.22. The smallest absolute Gasteiger partial charge is 0.471 e. The number of rotatable bonds is 12. The van der Waals surface area contributed by atoms with Gasteiger partial charge in [0.1, 0.15) is 12.4 Å². The van der Waals surface area contributed by atoms with E-state index in [0.717, 1.165) is 24.0 Å². The van der Waals surface area contributed by atoms with Crippen LogP contribution in [0.1, 0.15) is 54.7 Å². The van der Waals surface area contributed by atoms with E-state index in [4.69, 9.17) is 9.47 Å². The highest BCUT2D eigenvalue weighted by atomic mass is 19.4. The Labute approximate surface area is 288 Å². The van der Waals surface area contributed by atoms with Gasteiger partial charge in [-0.25, -0.2) is 0 Å². The predicted octanol–water partition coefficient (Wildman–Crippen LogP) is 6.89. The summed E-state index contributed by atoms with van der Waals surface area (Å²) >= 11 is 0. The Kier molecular flexibility index (Phi) is 11.6. The molecule has 9 nitrogen and oxygen atoms in total. The number of benzene rings is 3. The molecule has 0 fully saturated rings. The van der Waals surface area contributed by atoms with Gasteiger partial charge >= 0.3 is 12.1 Å². The Bertz CT molecular complexity index is 1840. The van der Waals surface area contributed by atoms with Crippen LogP contribution < -0.4 is 19.7 Å². The van der Waals surface area contributed by atoms with E-state index in [1.165, 1.54) is 24.4 Å². The van der Waals surface area contributed by atoms with Crippen LogP contribution in [0.25, 0.3) is 17.2 Å². The number of aliphatic hydroxyl groups is 1. The minimum absolute atomic E-state index is 0.0342. The van der Waals surface area contributed by atoms with Crippen LogP contribution in [-0.4, -0.2) is 49.5 Å². The maximum atomic E-state index is 13.6. The number of alkyl halides is 3. The number of fused-ring (bicyclic) bond motifs is 1. The Morgan fingerprint density at radius 3 is 2.38 bits per heavy atom. The molecule has 0 saturated carbocycles. The lowest BCUT2D eigenvalue weighted by Gasteiger charge is -2.24. The zero-order valence-electron chi connectivity index (χ0n) is 27.7. The highest BCUT2D eigenvalue weighted by Gasteiger charge is 2.44. The van der Waals surface area contributed by atoms with E-state index >= 15 is 0 Å². The molecule has 2 amide bonds. The lowest BCUT2D eigenvalue weighted by molar-refractivity contribution is -0.618. The van der Waals surface area contributed by atoms with E-state index < -0.39 is 24.1 Å². The number of carbonyl (C=O) groups is 2. The highest BCUT2D eigenvalue weighted by Crippen LogP contribution is 2.35. The molecule has 2 heterocycles. The number of hydrogen-bond donors (Lipinski definition) is 2. The van der Waals surface area contributed by atoms with Crippen molar-refractivity contribution >= 4 is 29.3 Å². The van der Waals surface area contributed by atoms with Crippen molar-refractivity contribution in [3.63, 3.8) is 0 Å². The molecular weight excluding hydrogens is 651 g/mol. The van der Waals surface area contributed by atoms with Gasteiger partial charge < -0.3 is 30.0 Å². The topological polar surface area (TPSA) is 115 Å². The number of hydrogen-bond acceptors (Lipinski definition) is 6. The number of nitrogens with zero attached hydrogens (tertiary/aromatic N) is 2. The molecule has 0 spiro atoms. The quantitative estimate of drug-likeness (QED) is 0.0951. The fourth-order valence-corrected chi connectivity index (χ4v) is 5.50. The zero-order valence-corrected chi connectivity index (χ0v) is 27.7. The van der Waals surface area contributed by atoms with Gasteiger partial charge in [-0.1, -0.05) is 43.7 Å². The van der Waals surface area contributed by atoms with Crippen LogP contribution >= 0.6 is 0 Å². The van der Waals surface area contributed by atoms with Crippen molar-refractivity contribution in [2.45, 2.75) is 45.4 Å². The van der Waals surface area contributed by atoms with Crippen molar-refractivity contribution in [3.8, 4) is 16.9 Å². The van der Waals surface area contributed by atoms with Crippen LogP contribution in [0.5, 0.6) is 5.75 Å². The first-order chi connectivity index (χ1) is 23.9. The largest absolute Gasteiger partial charge is 0.618 e. The average molecular weight is 690 g/mol. The van der Waals surface area contributed by atoms with Crippen LogP contribution in [-0.2, 0) is 14.3 Å². The number of halogens is 3. The van der Waals surface area contributed by atoms with Crippen molar-refractivity contribution in [3.05, 3.63) is 118 Å². The Balaban J connectivity index is 1.35. The molecule has 12 heteroatoms. The molecule has 1 unspecified atom stereocenters. The minimum Gasteiger partial charge on any atom is -0.618 e. The number of amides is 2. The number of nitrogens with one attached hydrogen (secondary N) is 1. The molecule has 1 atom stereocenters. The number of anilines is 2. The maximum Gasteiger partial charge on any atom is 0.471 e. The first-order valence-corrected chi connectivity index (χ1v) is 16.3. The maximum absolute atomic E-state index is 13.6. The summed E-state index contributed by atoms with van der Waals surface area (Å²) in [6, 6.07) is 21.4. The zero-order chi connectivity index (χ0) is 35.8. The second kappa shape index (κ2) is 16.0. The number of aryl methyl sites for hydroxylation is 1. The Morgan fingerprint density at radius 1 is 0.980 bits per heavy atom. The monoisotopic (exact) mass is 689 g/mol. The number of aliphatic hydroxyl groups excluding tert-OH is 1. The number of carbonyl (C=O) groups excluding carboxylic acids is 2. The van der Waals surface area contributed by atoms with E-state index in [-0.39, 0.29) is 35.5 Å². The van der Waals surface area contributed by atoms with Gasteiger partial charge in [0.05, 0.1) is 12.3 Å². The lowest BCUT2D eigenvalue weighted by Crippen LogP contribution is -2.42. The summed E-state index contributed by atoms with van der Waals surface area (Å²) in [5.74, 6) is -1.95. The van der Waals surface area contributed by atoms with Crippen molar-refractivity contribution < 1.29 is 42.1 Å². The van der Waals surface area contributed by atoms with Crippen LogP contribution in [0.4, 0.5) is 24.5 Å². The number of unbranched alkanes of at least 4 members (excludes halogenated alkanes) is 1. The third kappa shape index (κ3) is 8.87. The first kappa shape index (κ1) is 36.1. The fourth-order valence-electron chi connectivity index (χ4n) is 5.50. The second-order valence-corrected chi connectivity index (χ2v) is 11.9. The van der Waals surface area contributed by atoms with Crippen LogP contribution in [0.3, 0.4) is 0 Å². The summed E-state index contributed by atoms with van der Waals surface area (Å²) in [7, 11) is 0. The highest BCUT2D eigenvalue weighted by molar-refractivity contribution is 6.09. The summed E-state index contributed by atoms with van der Waals surface area (Å²) in [5, 5.41) is 25.7. The number of pyridine rings is 1. The van der Waals surface area contributed by atoms with Gasteiger partial charge in [0.25, 0.3) is 5.91 Å². The van der Waals surface area contributed by atoms with Gasteiger partial charge in [-0.2, -0.15) is 17.9 Å². The molecule has 0 saturated heterocycles. The van der Waals surface area contributed by atoms with Gasteiger partial charge in [0.15, 0.2) is 12.3 Å². The molecule has 4 aromatic rings. The summed E-state index contributed by atoms with van der Waals surface area (Å²) in [6.45, 7) is 5.02. The van der Waals surface area contributed by atoms with Crippen LogP contribution in [0, 0.1) is 12.1 Å². The molecule has 0 radical (unpaired) electrons. The minimum atomic E-state index is -5.12. The van der Waals surface area contributed by atoms with E-state index in [1.807, 2.05) is 12.1 Å². The standard InChI is InChI=1S/C38H38F3N3O6/c1-3-4-19-49-20-21-50-32-13-8-26(9-14-32)28-10-16-33-30(22-28)23-29(17-18-43(33)37(47)38(39,40)41)36(46)42-31-11-6-27(7-12-31)35(45)34-15-5-25(2)24-44(34)48/h5-16,22-24,35,45H,3-4,17-21H2,1-2H3,(H,42,46). The summed E-state index contributed by atoms with van der Waals surface area (Å²) in [5.41, 5.74) is 3.56. The van der Waals surface area contributed by atoms with Gasteiger partial charge in [-0.3, -0.25) is 9.59 Å². The first-order valence-electron chi connectivity index (χ1n) is 16.3. The fraction of sp³-hybridized carbons (Fsp3) is 0.289. The molecule has 1 aliphatic heterocycles. The summed E-state index contributed by atoms with van der Waals surface area (Å²) in [4.78, 5) is 26.6. The third-order valence-electron chi connectivity index (χ3n) is 8.22. The molecule has 1 aliphatic rings. The molecular formula is C38H38F3N3O6. The number of aromatic nitrogens is 1. The molecule has 3 aromatic carbocycles. The Hall–Kier alpha value is -5.20. The second-order valence-electron chi connectivity index (χ2n) is 11.9. The van der Waals surface area contributed by atoms with Crippen LogP contribution in [0.15, 0.2) is 90.6 Å². The van der Waals surface area contributed by atoms with E-state index in [2.05, 4.69) is 12.2 Å². The van der Waals surface area contributed by atoms with Crippen LogP contribution in [0.2, 0.25) is 0 Å². The van der Waals surface area contributed by atoms with Crippen molar-refractivity contribution in [2.75, 3.05) is 36.6 Å². The molecule has 5 rings (SSSR count). The van der Waals surface area contributed by atoms with Gasteiger partial charge in [0, 0.05) is 36.0 Å². The number of ether oxygens (including phenoxy) is 2. The average Bonchev–Trinajstić information content (AvgIpc) is 3.29. The molecule has 0 bridgehead atoms. The molecule has 0 aliphatic carbocycles. The summed E-state index contributed by atoms with van der Waals surface area (Å²) < 4.78 is 52.8. The van der Waals surface area contributed by atoms with Gasteiger partial charge in [-0.05, 0) is 90.6 Å². The van der Waals surface area contributed by atoms with E-state index in [9.17, 15) is 33.1 Å². The Morgan fingerprint density at radius 2 is 1.70 bits per heavy atom. The van der Waals surface area contributed by atoms with Crippen molar-refractivity contribution in [1.82, 2.24) is 0 Å². The van der Waals surface area contributed by atoms with E-state index in [1.54, 1.807) is 61.5 Å².